The monoisotopic (exact) mass is 230 g/mol. The molecule has 2 rings (SSSR count). The second-order valence-corrected chi connectivity index (χ2v) is 4.15. The third-order valence-corrected chi connectivity index (χ3v) is 2.97. The summed E-state index contributed by atoms with van der Waals surface area (Å²) in [6.45, 7) is 4.75. The summed E-state index contributed by atoms with van der Waals surface area (Å²) in [5.41, 5.74) is 8.61. The van der Waals surface area contributed by atoms with Gasteiger partial charge in [0.05, 0.1) is 5.69 Å². The molecule has 3 N–H and O–H groups in total. The van der Waals surface area contributed by atoms with Crippen LogP contribution in [0, 0.1) is 6.92 Å². The molecule has 0 bridgehead atoms. The molecule has 0 saturated carbocycles. The van der Waals surface area contributed by atoms with Crippen molar-refractivity contribution in [2.45, 2.75) is 26.2 Å². The summed E-state index contributed by atoms with van der Waals surface area (Å²) in [4.78, 5) is 12.3. The Morgan fingerprint density at radius 2 is 2.24 bits per heavy atom. The number of nitrogens with one attached hydrogen (secondary N) is 1. The highest BCUT2D eigenvalue weighted by Gasteiger charge is 2.15. The lowest BCUT2D eigenvalue weighted by atomic mass is 10.1. The number of aryl methyl sites for hydroxylation is 1. The molecule has 1 unspecified atom stereocenters. The molecule has 4 heteroatoms. The Hall–Kier alpha value is -1.68. The molecule has 4 nitrogen and oxygen atoms in total. The molecular weight excluding hydrogens is 212 g/mol. The maximum Gasteiger partial charge on any atom is 0.111 e. The highest BCUT2D eigenvalue weighted by molar-refractivity contribution is 5.57. The lowest BCUT2D eigenvalue weighted by Gasteiger charge is -2.07. The molecule has 1 atom stereocenters. The largest absolute Gasteiger partial charge is 0.345 e. The van der Waals surface area contributed by atoms with Crippen LogP contribution in [0.15, 0.2) is 24.4 Å². The van der Waals surface area contributed by atoms with E-state index in [4.69, 9.17) is 5.73 Å². The number of imidazole rings is 1. The Bertz CT molecular complexity index is 471. The van der Waals surface area contributed by atoms with E-state index in [0.717, 1.165) is 29.3 Å². The summed E-state index contributed by atoms with van der Waals surface area (Å²) >= 11 is 0. The van der Waals surface area contributed by atoms with E-state index in [-0.39, 0.29) is 0 Å². The van der Waals surface area contributed by atoms with E-state index >= 15 is 0 Å². The minimum Gasteiger partial charge on any atom is -0.345 e. The molecule has 0 aliphatic rings. The molecule has 2 aromatic rings. The molecule has 0 aromatic carbocycles. The van der Waals surface area contributed by atoms with E-state index < -0.39 is 0 Å². The van der Waals surface area contributed by atoms with Crippen molar-refractivity contribution in [2.24, 2.45) is 5.73 Å². The zero-order valence-corrected chi connectivity index (χ0v) is 10.3. The minimum atomic E-state index is 0.297. The fraction of sp³-hybridized carbons (Fsp3) is 0.385. The second-order valence-electron chi connectivity index (χ2n) is 4.15. The fourth-order valence-corrected chi connectivity index (χ4v) is 1.90. The molecule has 0 fully saturated rings. The SMILES string of the molecule is CCC(CN)c1nc(-c2ccccn2)c(C)[nH]1. The average Bonchev–Trinajstić information content (AvgIpc) is 2.74. The first-order valence-corrected chi connectivity index (χ1v) is 5.94. The van der Waals surface area contributed by atoms with Crippen molar-refractivity contribution in [3.63, 3.8) is 0 Å². The van der Waals surface area contributed by atoms with E-state index in [9.17, 15) is 0 Å². The molecule has 2 aromatic heterocycles. The topological polar surface area (TPSA) is 67.6 Å². The van der Waals surface area contributed by atoms with E-state index in [1.54, 1.807) is 6.20 Å². The summed E-state index contributed by atoms with van der Waals surface area (Å²) in [7, 11) is 0. The highest BCUT2D eigenvalue weighted by atomic mass is 15.0. The van der Waals surface area contributed by atoms with Gasteiger partial charge in [-0.3, -0.25) is 4.98 Å². The minimum absolute atomic E-state index is 0.297. The average molecular weight is 230 g/mol. The van der Waals surface area contributed by atoms with Gasteiger partial charge >= 0.3 is 0 Å². The van der Waals surface area contributed by atoms with Crippen molar-refractivity contribution < 1.29 is 0 Å². The van der Waals surface area contributed by atoms with Crippen molar-refractivity contribution in [3.05, 3.63) is 35.9 Å². The number of nitrogens with zero attached hydrogens (tertiary/aromatic N) is 2. The summed E-state index contributed by atoms with van der Waals surface area (Å²) in [5, 5.41) is 0. The molecular formula is C13H18N4. The van der Waals surface area contributed by atoms with Gasteiger partial charge in [-0.15, -0.1) is 0 Å². The fourth-order valence-electron chi connectivity index (χ4n) is 1.90. The molecule has 90 valence electrons. The molecule has 0 aliphatic heterocycles. The second kappa shape index (κ2) is 5.10. The first-order chi connectivity index (χ1) is 8.26. The maximum absolute atomic E-state index is 5.74. The Labute approximate surface area is 101 Å². The number of pyridine rings is 1. The van der Waals surface area contributed by atoms with Gasteiger partial charge in [0.2, 0.25) is 0 Å². The van der Waals surface area contributed by atoms with Gasteiger partial charge < -0.3 is 10.7 Å². The van der Waals surface area contributed by atoms with Crippen molar-refractivity contribution in [1.29, 1.82) is 0 Å². The van der Waals surface area contributed by atoms with E-state index in [2.05, 4.69) is 21.9 Å². The highest BCUT2D eigenvalue weighted by Crippen LogP contribution is 2.23. The summed E-state index contributed by atoms with van der Waals surface area (Å²) in [5.74, 6) is 1.26. The molecule has 0 spiro atoms. The number of nitrogens with two attached hydrogens (primary N) is 1. The van der Waals surface area contributed by atoms with Gasteiger partial charge in [-0.25, -0.2) is 4.98 Å². The number of aromatic nitrogens is 3. The van der Waals surface area contributed by atoms with Crippen LogP contribution in [-0.2, 0) is 0 Å². The van der Waals surface area contributed by atoms with E-state index in [1.165, 1.54) is 0 Å². The predicted molar refractivity (Wildman–Crippen MR) is 68.6 cm³/mol. The molecule has 17 heavy (non-hydrogen) atoms. The molecule has 0 aliphatic carbocycles. The standard InChI is InChI=1S/C13H18N4/c1-3-10(8-14)13-16-9(2)12(17-13)11-6-4-5-7-15-11/h4-7,10H,3,8,14H2,1-2H3,(H,16,17). The Morgan fingerprint density at radius 3 is 2.82 bits per heavy atom. The van der Waals surface area contributed by atoms with Crippen LogP contribution in [0.25, 0.3) is 11.4 Å². The van der Waals surface area contributed by atoms with Crippen molar-refractivity contribution in [2.75, 3.05) is 6.54 Å². The van der Waals surface area contributed by atoms with Crippen LogP contribution in [0.2, 0.25) is 0 Å². The van der Waals surface area contributed by atoms with Gasteiger partial charge in [-0.1, -0.05) is 13.0 Å². The van der Waals surface area contributed by atoms with Gasteiger partial charge in [0.25, 0.3) is 0 Å². The summed E-state index contributed by atoms with van der Waals surface area (Å²) in [6, 6.07) is 5.84. The van der Waals surface area contributed by atoms with Gasteiger partial charge in [0.1, 0.15) is 11.5 Å². The van der Waals surface area contributed by atoms with Gasteiger partial charge in [0.15, 0.2) is 0 Å². The Kier molecular flexibility index (Phi) is 3.54. The van der Waals surface area contributed by atoms with Crippen LogP contribution >= 0.6 is 0 Å². The van der Waals surface area contributed by atoms with Crippen LogP contribution in [0.4, 0.5) is 0 Å². The molecule has 2 heterocycles. The maximum atomic E-state index is 5.74. The van der Waals surface area contributed by atoms with Gasteiger partial charge in [-0.2, -0.15) is 0 Å². The number of hydrogen-bond acceptors (Lipinski definition) is 3. The lowest BCUT2D eigenvalue weighted by molar-refractivity contribution is 0.638. The zero-order valence-electron chi connectivity index (χ0n) is 10.3. The summed E-state index contributed by atoms with van der Waals surface area (Å²) in [6.07, 6.45) is 2.77. The van der Waals surface area contributed by atoms with Crippen molar-refractivity contribution in [1.82, 2.24) is 15.0 Å². The third kappa shape index (κ3) is 2.36. The van der Waals surface area contributed by atoms with Crippen LogP contribution in [0.1, 0.15) is 30.8 Å². The molecule has 0 radical (unpaired) electrons. The van der Waals surface area contributed by atoms with Gasteiger partial charge in [-0.05, 0) is 25.5 Å². The normalized spacial score (nSPS) is 12.6. The number of aromatic amines is 1. The smallest absolute Gasteiger partial charge is 0.111 e. The lowest BCUT2D eigenvalue weighted by Crippen LogP contribution is -2.12. The van der Waals surface area contributed by atoms with Crippen LogP contribution in [0.5, 0.6) is 0 Å². The van der Waals surface area contributed by atoms with Gasteiger partial charge in [0, 0.05) is 24.4 Å². The first kappa shape index (κ1) is 11.8. The number of hydrogen-bond donors (Lipinski definition) is 2. The first-order valence-electron chi connectivity index (χ1n) is 5.94. The number of rotatable bonds is 4. The predicted octanol–water partition coefficient (Wildman–Crippen LogP) is 2.23. The Balaban J connectivity index is 2.37. The van der Waals surface area contributed by atoms with Crippen LogP contribution < -0.4 is 5.73 Å². The van der Waals surface area contributed by atoms with Crippen molar-refractivity contribution >= 4 is 0 Å². The van der Waals surface area contributed by atoms with Crippen LogP contribution in [-0.4, -0.2) is 21.5 Å². The van der Waals surface area contributed by atoms with E-state index in [1.807, 2.05) is 25.1 Å². The van der Waals surface area contributed by atoms with Crippen LogP contribution in [0.3, 0.4) is 0 Å². The third-order valence-electron chi connectivity index (χ3n) is 2.97. The molecule has 0 saturated heterocycles. The zero-order chi connectivity index (χ0) is 12.3. The summed E-state index contributed by atoms with van der Waals surface area (Å²) < 4.78 is 0. The number of H-pyrrole nitrogens is 1. The Morgan fingerprint density at radius 1 is 1.41 bits per heavy atom. The molecule has 0 amide bonds. The quantitative estimate of drug-likeness (QED) is 0.846. The van der Waals surface area contributed by atoms with E-state index in [0.29, 0.717) is 12.5 Å². The van der Waals surface area contributed by atoms with Crippen molar-refractivity contribution in [3.8, 4) is 11.4 Å².